The van der Waals surface area contributed by atoms with Gasteiger partial charge in [-0.15, -0.1) is 0 Å². The lowest BCUT2D eigenvalue weighted by atomic mass is 10.1. The molecule has 192 valence electrons. The number of rotatable bonds is 8. The van der Waals surface area contributed by atoms with Crippen LogP contribution in [-0.4, -0.2) is 35.6 Å². The summed E-state index contributed by atoms with van der Waals surface area (Å²) >= 11 is 0. The van der Waals surface area contributed by atoms with E-state index in [1.165, 1.54) is 12.1 Å². The van der Waals surface area contributed by atoms with Crippen LogP contribution in [0.4, 0.5) is 4.39 Å². The Morgan fingerprint density at radius 3 is 1.89 bits per heavy atom. The summed E-state index contributed by atoms with van der Waals surface area (Å²) in [5.41, 5.74) is 0.966. The molecule has 1 saturated carbocycles. The lowest BCUT2D eigenvalue weighted by Crippen LogP contribution is -2.68. The van der Waals surface area contributed by atoms with Crippen molar-refractivity contribution in [3.8, 4) is 0 Å². The summed E-state index contributed by atoms with van der Waals surface area (Å²) in [5.74, 6) is -0.247. The van der Waals surface area contributed by atoms with Gasteiger partial charge in [-0.1, -0.05) is 99.1 Å². The van der Waals surface area contributed by atoms with Gasteiger partial charge in [-0.3, -0.25) is 4.18 Å². The largest absolute Gasteiger partial charge is 0.401 e. The highest BCUT2D eigenvalue weighted by Gasteiger charge is 2.53. The Morgan fingerprint density at radius 1 is 0.861 bits per heavy atom. The van der Waals surface area contributed by atoms with Gasteiger partial charge in [0.1, 0.15) is 6.17 Å². The van der Waals surface area contributed by atoms with Crippen LogP contribution >= 0.6 is 0 Å². The van der Waals surface area contributed by atoms with Crippen molar-refractivity contribution in [1.29, 1.82) is 0 Å². The Morgan fingerprint density at radius 2 is 1.39 bits per heavy atom. The fourth-order valence-corrected chi connectivity index (χ4v) is 10.9. The maximum Gasteiger partial charge on any atom is 0.296 e. The van der Waals surface area contributed by atoms with Crippen LogP contribution in [0.1, 0.15) is 39.2 Å². The number of aryl methyl sites for hydroxylation is 1. The van der Waals surface area contributed by atoms with Crippen molar-refractivity contribution < 1.29 is 21.4 Å². The second kappa shape index (κ2) is 10.6. The summed E-state index contributed by atoms with van der Waals surface area (Å²) in [6.07, 6.45) is -1.20. The molecule has 1 aliphatic carbocycles. The average molecular weight is 527 g/mol. The van der Waals surface area contributed by atoms with Crippen molar-refractivity contribution in [1.82, 2.24) is 0 Å². The Kier molecular flexibility index (Phi) is 7.85. The van der Waals surface area contributed by atoms with Crippen molar-refractivity contribution in [2.24, 2.45) is 5.92 Å². The molecule has 0 radical (unpaired) electrons. The molecule has 4 rings (SSSR count). The third-order valence-electron chi connectivity index (χ3n) is 7.04. The molecule has 4 nitrogen and oxygen atoms in total. The standard InChI is InChI=1S/C29H35FO4SSi/c1-22-15-17-24(18-16-22)35(31,32)33-21-23-19-27(30)28(20-23)34-36(29(2,3)4,25-11-7-5-8-12-25)26-13-9-6-10-14-26/h5-18,23,27-28H,19-21H2,1-4H3/t23?,27-,28-/m0/s1. The molecule has 1 fully saturated rings. The Hall–Kier alpha value is -2.32. The fraction of sp³-hybridized carbons (Fsp3) is 0.379. The van der Waals surface area contributed by atoms with Crippen LogP contribution in [0.2, 0.25) is 5.04 Å². The number of halogens is 1. The van der Waals surface area contributed by atoms with E-state index >= 15 is 4.39 Å². The van der Waals surface area contributed by atoms with Gasteiger partial charge < -0.3 is 4.43 Å². The predicted octanol–water partition coefficient (Wildman–Crippen LogP) is 5.39. The minimum Gasteiger partial charge on any atom is -0.401 e. The molecule has 1 unspecified atom stereocenters. The minimum absolute atomic E-state index is 0.0583. The number of benzene rings is 3. The van der Waals surface area contributed by atoms with Gasteiger partial charge in [-0.2, -0.15) is 8.42 Å². The molecule has 0 aliphatic heterocycles. The van der Waals surface area contributed by atoms with E-state index in [4.69, 9.17) is 8.61 Å². The van der Waals surface area contributed by atoms with Crippen molar-refractivity contribution in [2.45, 2.75) is 62.7 Å². The molecule has 0 N–H and O–H groups in total. The minimum atomic E-state index is -3.90. The molecule has 1 aliphatic rings. The maximum absolute atomic E-state index is 15.5. The van der Waals surface area contributed by atoms with Crippen LogP contribution in [0.25, 0.3) is 0 Å². The summed E-state index contributed by atoms with van der Waals surface area (Å²) < 4.78 is 53.1. The van der Waals surface area contributed by atoms with E-state index in [1.807, 2.05) is 43.3 Å². The number of hydrogen-bond donors (Lipinski definition) is 0. The van der Waals surface area contributed by atoms with Crippen LogP contribution in [0.15, 0.2) is 89.8 Å². The van der Waals surface area contributed by atoms with Crippen LogP contribution in [0.5, 0.6) is 0 Å². The first-order valence-electron chi connectivity index (χ1n) is 12.4. The molecule has 0 spiro atoms. The van der Waals surface area contributed by atoms with Crippen molar-refractivity contribution in [3.63, 3.8) is 0 Å². The van der Waals surface area contributed by atoms with Gasteiger partial charge in [0.05, 0.1) is 17.6 Å². The number of alkyl halides is 1. The van der Waals surface area contributed by atoms with Crippen LogP contribution < -0.4 is 10.4 Å². The maximum atomic E-state index is 15.5. The van der Waals surface area contributed by atoms with E-state index in [-0.39, 0.29) is 28.9 Å². The highest BCUT2D eigenvalue weighted by molar-refractivity contribution is 7.86. The van der Waals surface area contributed by atoms with E-state index in [0.29, 0.717) is 6.42 Å². The zero-order chi connectivity index (χ0) is 26.0. The van der Waals surface area contributed by atoms with E-state index in [1.54, 1.807) is 12.1 Å². The quantitative estimate of drug-likeness (QED) is 0.292. The highest BCUT2D eigenvalue weighted by Crippen LogP contribution is 2.41. The van der Waals surface area contributed by atoms with Crippen LogP contribution in [-0.2, 0) is 18.7 Å². The molecule has 3 aromatic carbocycles. The normalized spacial score (nSPS) is 21.0. The Balaban J connectivity index is 1.57. The molecule has 3 atom stereocenters. The second-order valence-corrected chi connectivity index (χ2v) is 16.6. The van der Waals surface area contributed by atoms with E-state index < -0.39 is 30.7 Å². The lowest BCUT2D eigenvalue weighted by molar-refractivity contribution is 0.115. The first kappa shape index (κ1) is 26.7. The molecule has 0 bridgehead atoms. The van der Waals surface area contributed by atoms with E-state index in [9.17, 15) is 8.42 Å². The summed E-state index contributed by atoms with van der Waals surface area (Å²) in [6, 6.07) is 26.8. The summed E-state index contributed by atoms with van der Waals surface area (Å²) in [6.45, 7) is 8.32. The summed E-state index contributed by atoms with van der Waals surface area (Å²) in [5, 5.41) is 1.92. The molecule has 0 amide bonds. The van der Waals surface area contributed by atoms with Gasteiger partial charge in [0.2, 0.25) is 0 Å². The molecule has 0 aromatic heterocycles. The van der Waals surface area contributed by atoms with Gasteiger partial charge in [0.15, 0.2) is 0 Å². The summed E-state index contributed by atoms with van der Waals surface area (Å²) in [4.78, 5) is 0.114. The van der Waals surface area contributed by atoms with Crippen molar-refractivity contribution in [3.05, 3.63) is 90.5 Å². The molecule has 0 heterocycles. The van der Waals surface area contributed by atoms with Crippen LogP contribution in [0.3, 0.4) is 0 Å². The fourth-order valence-electron chi connectivity index (χ4n) is 5.18. The molecule has 7 heteroatoms. The van der Waals surface area contributed by atoms with Crippen molar-refractivity contribution >= 4 is 28.8 Å². The second-order valence-electron chi connectivity index (χ2n) is 10.7. The smallest absolute Gasteiger partial charge is 0.296 e. The highest BCUT2D eigenvalue weighted by atomic mass is 32.2. The first-order chi connectivity index (χ1) is 17.0. The monoisotopic (exact) mass is 526 g/mol. The van der Waals surface area contributed by atoms with Gasteiger partial charge in [0, 0.05) is 0 Å². The third kappa shape index (κ3) is 5.49. The molecule has 3 aromatic rings. The predicted molar refractivity (Wildman–Crippen MR) is 144 cm³/mol. The topological polar surface area (TPSA) is 52.6 Å². The average Bonchev–Trinajstić information content (AvgIpc) is 3.21. The molecule has 36 heavy (non-hydrogen) atoms. The van der Waals surface area contributed by atoms with E-state index in [0.717, 1.165) is 15.9 Å². The van der Waals surface area contributed by atoms with Gasteiger partial charge in [-0.05, 0) is 53.2 Å². The van der Waals surface area contributed by atoms with Gasteiger partial charge in [0.25, 0.3) is 18.4 Å². The van der Waals surface area contributed by atoms with E-state index in [2.05, 4.69) is 45.0 Å². The third-order valence-corrected chi connectivity index (χ3v) is 13.4. The zero-order valence-electron chi connectivity index (χ0n) is 21.4. The van der Waals surface area contributed by atoms with Gasteiger partial charge >= 0.3 is 0 Å². The Labute approximate surface area is 215 Å². The first-order valence-corrected chi connectivity index (χ1v) is 15.7. The summed E-state index contributed by atoms with van der Waals surface area (Å²) in [7, 11) is -6.80. The SMILES string of the molecule is Cc1ccc(S(=O)(=O)OCC2C[C@H](O[Si](c3ccccc3)(c3ccccc3)C(C)(C)C)[C@@H](F)C2)cc1. The van der Waals surface area contributed by atoms with Crippen molar-refractivity contribution in [2.75, 3.05) is 6.61 Å². The lowest BCUT2D eigenvalue weighted by Gasteiger charge is -2.45. The molecular formula is C29H35FO4SSi. The number of hydrogen-bond acceptors (Lipinski definition) is 4. The Bertz CT molecular complexity index is 1200. The zero-order valence-corrected chi connectivity index (χ0v) is 23.2. The van der Waals surface area contributed by atoms with Gasteiger partial charge in [-0.25, -0.2) is 4.39 Å². The van der Waals surface area contributed by atoms with Crippen LogP contribution in [0, 0.1) is 12.8 Å². The molecule has 0 saturated heterocycles. The molecular weight excluding hydrogens is 491 g/mol.